The van der Waals surface area contributed by atoms with Crippen LogP contribution in [0.5, 0.6) is 11.5 Å². The Morgan fingerprint density at radius 1 is 1.16 bits per heavy atom. The Bertz CT molecular complexity index is 1620. The van der Waals surface area contributed by atoms with Gasteiger partial charge in [0.1, 0.15) is 16.8 Å². The molecule has 0 aliphatic carbocycles. The average molecular weight is 518 g/mol. The highest BCUT2D eigenvalue weighted by molar-refractivity contribution is 6.02. The third kappa shape index (κ3) is 4.17. The van der Waals surface area contributed by atoms with Crippen molar-refractivity contribution in [1.29, 1.82) is 0 Å². The summed E-state index contributed by atoms with van der Waals surface area (Å²) in [6.45, 7) is 1.98. The van der Waals surface area contributed by atoms with Crippen LogP contribution in [0.2, 0.25) is 0 Å². The van der Waals surface area contributed by atoms with Gasteiger partial charge in [0.25, 0.3) is 5.91 Å². The van der Waals surface area contributed by atoms with Gasteiger partial charge in [-0.2, -0.15) is 0 Å². The molecule has 3 heterocycles. The van der Waals surface area contributed by atoms with Crippen molar-refractivity contribution < 1.29 is 13.9 Å². The van der Waals surface area contributed by atoms with E-state index in [0.717, 1.165) is 23.6 Å². The minimum absolute atomic E-state index is 0. The van der Waals surface area contributed by atoms with Gasteiger partial charge in [0.2, 0.25) is 5.43 Å². The molecule has 1 atom stereocenters. The molecule has 0 saturated carbocycles. The molecule has 5 N–H and O–H groups in total. The number of pyridine rings is 1. The van der Waals surface area contributed by atoms with Crippen LogP contribution >= 0.6 is 0 Å². The van der Waals surface area contributed by atoms with Gasteiger partial charge in [0.15, 0.2) is 17.3 Å². The lowest BCUT2D eigenvalue weighted by Crippen LogP contribution is -2.31. The molecule has 198 valence electrons. The number of aromatic nitrogens is 1. The smallest absolute Gasteiger partial charge is 0.256 e. The molecule has 0 spiro atoms. The second-order valence-corrected chi connectivity index (χ2v) is 9.69. The first kappa shape index (κ1) is 25.7. The monoisotopic (exact) mass is 517 g/mol. The maximum absolute atomic E-state index is 15.7. The van der Waals surface area contributed by atoms with Crippen LogP contribution in [0.4, 0.5) is 10.1 Å². The Hall–Kier alpha value is -3.95. The first-order valence-corrected chi connectivity index (χ1v) is 12.6. The second kappa shape index (κ2) is 10.1. The quantitative estimate of drug-likeness (QED) is 0.293. The van der Waals surface area contributed by atoms with Gasteiger partial charge >= 0.3 is 0 Å². The van der Waals surface area contributed by atoms with Crippen molar-refractivity contribution >= 4 is 33.3 Å². The molecular weight excluding hydrogens is 485 g/mol. The summed E-state index contributed by atoms with van der Waals surface area (Å²) in [6, 6.07) is 12.8. The summed E-state index contributed by atoms with van der Waals surface area (Å²) < 4.78 is 23.9. The first-order valence-electron chi connectivity index (χ1n) is 12.6. The summed E-state index contributed by atoms with van der Waals surface area (Å²) in [7, 11) is 0. The van der Waals surface area contributed by atoms with Crippen molar-refractivity contribution in [2.45, 2.75) is 32.7 Å². The summed E-state index contributed by atoms with van der Waals surface area (Å²) in [5.41, 5.74) is 12.5. The molecule has 1 aromatic heterocycles. The molecule has 9 heteroatoms. The van der Waals surface area contributed by atoms with Gasteiger partial charge in [0, 0.05) is 31.9 Å². The highest BCUT2D eigenvalue weighted by Gasteiger charge is 2.32. The number of nitrogens with zero attached hydrogens (tertiary/aromatic N) is 2. The second-order valence-electron chi connectivity index (χ2n) is 9.69. The van der Waals surface area contributed by atoms with E-state index in [2.05, 4.69) is 5.32 Å². The lowest BCUT2D eigenvalue weighted by Gasteiger charge is -2.29. The number of rotatable bonds is 6. The highest BCUT2D eigenvalue weighted by Crippen LogP contribution is 2.48. The Labute approximate surface area is 220 Å². The Morgan fingerprint density at radius 2 is 1.92 bits per heavy atom. The number of fused-ring (bicyclic) bond motifs is 3. The van der Waals surface area contributed by atoms with E-state index in [1.54, 1.807) is 10.8 Å². The third-order valence-electron chi connectivity index (χ3n) is 7.17. The van der Waals surface area contributed by atoms with E-state index < -0.39 is 17.2 Å². The standard InChI is InChI=1S/C28H28FN5O3.CH4/c29-21-13-19-24-27(25(21)33-10-7-18(31)14-33)37-23-12-17-6-2-1-5-16(17)11-22(23)34(24)15-20(26(19)35)28(36)32-9-4-3-8-30;/h1-2,5-6,11-13,15,18H,3-4,7-10,14,30-31H2,(H,32,36);1H4/t18-;/m1./s1. The number of hydrogen-bond donors (Lipinski definition) is 3. The predicted molar refractivity (Wildman–Crippen MR) is 149 cm³/mol. The summed E-state index contributed by atoms with van der Waals surface area (Å²) in [4.78, 5) is 28.4. The van der Waals surface area contributed by atoms with Gasteiger partial charge in [-0.05, 0) is 54.8 Å². The molecule has 0 unspecified atom stereocenters. The number of hydrogen-bond acceptors (Lipinski definition) is 6. The SMILES string of the molecule is C.NCCCCNC(=O)c1cn2c3c(c(N4CC[C@@H](N)C4)c(F)cc3c1=O)Oc1cc3ccccc3cc1-2. The van der Waals surface area contributed by atoms with Crippen molar-refractivity contribution in [2.75, 3.05) is 31.1 Å². The molecule has 2 aliphatic heterocycles. The summed E-state index contributed by atoms with van der Waals surface area (Å²) in [5, 5.41) is 4.82. The molecule has 1 saturated heterocycles. The van der Waals surface area contributed by atoms with E-state index in [1.165, 1.54) is 6.07 Å². The van der Waals surface area contributed by atoms with Gasteiger partial charge in [-0.15, -0.1) is 0 Å². The zero-order valence-corrected chi connectivity index (χ0v) is 20.3. The van der Waals surface area contributed by atoms with Gasteiger partial charge in [-0.1, -0.05) is 31.7 Å². The van der Waals surface area contributed by atoms with Crippen LogP contribution in [0, 0.1) is 5.82 Å². The van der Waals surface area contributed by atoms with Crippen LogP contribution in [-0.2, 0) is 0 Å². The number of nitrogens with one attached hydrogen (secondary N) is 1. The van der Waals surface area contributed by atoms with E-state index >= 15 is 4.39 Å². The molecular formula is C29H32FN5O3. The van der Waals surface area contributed by atoms with E-state index in [9.17, 15) is 9.59 Å². The lowest BCUT2D eigenvalue weighted by molar-refractivity contribution is 0.0951. The van der Waals surface area contributed by atoms with E-state index in [-0.39, 0.29) is 35.9 Å². The first-order chi connectivity index (χ1) is 18.0. The number of carbonyl (C=O) groups is 1. The maximum Gasteiger partial charge on any atom is 0.256 e. The fourth-order valence-electron chi connectivity index (χ4n) is 5.30. The van der Waals surface area contributed by atoms with E-state index in [0.29, 0.717) is 49.6 Å². The molecule has 38 heavy (non-hydrogen) atoms. The third-order valence-corrected chi connectivity index (χ3v) is 7.17. The van der Waals surface area contributed by atoms with Crippen LogP contribution in [0.3, 0.4) is 0 Å². The normalized spacial score (nSPS) is 15.8. The predicted octanol–water partition coefficient (Wildman–Crippen LogP) is 4.03. The number of carbonyl (C=O) groups excluding carboxylic acids is 1. The van der Waals surface area contributed by atoms with Crippen LogP contribution in [0.25, 0.3) is 27.4 Å². The fourth-order valence-corrected chi connectivity index (χ4v) is 5.30. The Balaban J connectivity index is 0.00000294. The average Bonchev–Trinajstić information content (AvgIpc) is 3.32. The number of halogens is 1. The van der Waals surface area contributed by atoms with E-state index in [4.69, 9.17) is 16.2 Å². The number of anilines is 1. The molecule has 0 radical (unpaired) electrons. The van der Waals surface area contributed by atoms with Crippen LogP contribution < -0.4 is 31.8 Å². The van der Waals surface area contributed by atoms with Crippen LogP contribution in [-0.4, -0.2) is 42.7 Å². The highest BCUT2D eigenvalue weighted by atomic mass is 19.1. The molecule has 4 aromatic rings. The van der Waals surface area contributed by atoms with E-state index in [1.807, 2.05) is 41.3 Å². The fraction of sp³-hybridized carbons (Fsp3) is 0.310. The Kier molecular flexibility index (Phi) is 6.81. The summed E-state index contributed by atoms with van der Waals surface area (Å²) in [6.07, 6.45) is 3.73. The van der Waals surface area contributed by atoms with Crippen molar-refractivity contribution in [3.8, 4) is 17.2 Å². The molecule has 2 aliphatic rings. The maximum atomic E-state index is 15.7. The van der Waals surface area contributed by atoms with Gasteiger partial charge in [-0.3, -0.25) is 9.59 Å². The number of amides is 1. The number of ether oxygens (including phenoxy) is 1. The number of unbranched alkanes of at least 4 members (excludes halogenated alkanes) is 1. The Morgan fingerprint density at radius 3 is 2.63 bits per heavy atom. The minimum Gasteiger partial charge on any atom is -0.451 e. The lowest BCUT2D eigenvalue weighted by atomic mass is 10.0. The summed E-state index contributed by atoms with van der Waals surface area (Å²) in [5.74, 6) is -0.303. The molecule has 3 aromatic carbocycles. The number of nitrogens with two attached hydrogens (primary N) is 2. The van der Waals surface area contributed by atoms with Gasteiger partial charge in [-0.25, -0.2) is 4.39 Å². The zero-order valence-electron chi connectivity index (χ0n) is 20.3. The van der Waals surface area contributed by atoms with Crippen molar-refractivity contribution in [1.82, 2.24) is 9.88 Å². The molecule has 0 bridgehead atoms. The van der Waals surface area contributed by atoms with Crippen LogP contribution in [0.15, 0.2) is 53.5 Å². The largest absolute Gasteiger partial charge is 0.451 e. The summed E-state index contributed by atoms with van der Waals surface area (Å²) >= 11 is 0. The molecule has 6 rings (SSSR count). The van der Waals surface area contributed by atoms with Crippen LogP contribution in [0.1, 0.15) is 37.0 Å². The molecule has 1 amide bonds. The topological polar surface area (TPSA) is 116 Å². The van der Waals surface area contributed by atoms with Crippen molar-refractivity contribution in [2.24, 2.45) is 11.5 Å². The molecule has 8 nitrogen and oxygen atoms in total. The number of benzene rings is 3. The van der Waals surface area contributed by atoms with Gasteiger partial charge in [0.05, 0.1) is 11.1 Å². The van der Waals surface area contributed by atoms with Crippen molar-refractivity contribution in [3.63, 3.8) is 0 Å². The van der Waals surface area contributed by atoms with Crippen molar-refractivity contribution in [3.05, 3.63) is 70.3 Å². The molecule has 1 fully saturated rings. The minimum atomic E-state index is -0.579. The zero-order chi connectivity index (χ0) is 25.7. The van der Waals surface area contributed by atoms with Gasteiger partial charge < -0.3 is 31.0 Å².